The Labute approximate surface area is 130 Å². The predicted molar refractivity (Wildman–Crippen MR) is 88.1 cm³/mol. The van der Waals surface area contributed by atoms with Crippen LogP contribution in [0.4, 0.5) is 11.8 Å². The van der Waals surface area contributed by atoms with E-state index in [4.69, 9.17) is 0 Å². The fraction of sp³-hybridized carbons (Fsp3) is 0.733. The van der Waals surface area contributed by atoms with Gasteiger partial charge in [0.05, 0.1) is 4.47 Å². The quantitative estimate of drug-likeness (QED) is 0.838. The summed E-state index contributed by atoms with van der Waals surface area (Å²) in [7, 11) is 0. The van der Waals surface area contributed by atoms with Crippen molar-refractivity contribution >= 4 is 27.7 Å². The average Bonchev–Trinajstić information content (AvgIpc) is 2.43. The molecule has 0 aromatic carbocycles. The van der Waals surface area contributed by atoms with Gasteiger partial charge in [-0.25, -0.2) is 4.98 Å². The van der Waals surface area contributed by atoms with Crippen LogP contribution in [0, 0.1) is 11.8 Å². The van der Waals surface area contributed by atoms with Gasteiger partial charge in [-0.15, -0.1) is 0 Å². The largest absolute Gasteiger partial charge is 0.366 e. The van der Waals surface area contributed by atoms with Gasteiger partial charge in [-0.2, -0.15) is 4.98 Å². The van der Waals surface area contributed by atoms with E-state index in [0.717, 1.165) is 22.8 Å². The first-order valence-corrected chi connectivity index (χ1v) is 8.44. The molecule has 1 saturated carbocycles. The van der Waals surface area contributed by atoms with Gasteiger partial charge in [0.15, 0.2) is 0 Å². The van der Waals surface area contributed by atoms with Crippen molar-refractivity contribution in [3.63, 3.8) is 0 Å². The smallest absolute Gasteiger partial charge is 0.224 e. The maximum atomic E-state index is 4.57. The molecule has 1 fully saturated rings. The summed E-state index contributed by atoms with van der Waals surface area (Å²) in [6.07, 6.45) is 7.03. The minimum Gasteiger partial charge on any atom is -0.366 e. The SMILES string of the molecule is CCNc1ncc(Br)c(NC2CCCCC2C(C)C)n1. The molecule has 5 heteroatoms. The third kappa shape index (κ3) is 3.84. The first-order chi connectivity index (χ1) is 9.61. The molecule has 0 radical (unpaired) electrons. The summed E-state index contributed by atoms with van der Waals surface area (Å²) in [6.45, 7) is 7.53. The monoisotopic (exact) mass is 340 g/mol. The molecule has 1 aliphatic carbocycles. The normalized spacial score (nSPS) is 22.9. The van der Waals surface area contributed by atoms with Gasteiger partial charge in [-0.1, -0.05) is 26.7 Å². The van der Waals surface area contributed by atoms with Gasteiger partial charge in [-0.05, 0) is 47.5 Å². The lowest BCUT2D eigenvalue weighted by Gasteiger charge is -2.35. The van der Waals surface area contributed by atoms with Gasteiger partial charge in [0.25, 0.3) is 0 Å². The lowest BCUT2D eigenvalue weighted by atomic mass is 9.78. The van der Waals surface area contributed by atoms with E-state index < -0.39 is 0 Å². The first-order valence-electron chi connectivity index (χ1n) is 7.64. The number of hydrogen-bond donors (Lipinski definition) is 2. The van der Waals surface area contributed by atoms with Crippen LogP contribution >= 0.6 is 15.9 Å². The van der Waals surface area contributed by atoms with E-state index in [1.807, 2.05) is 6.20 Å². The highest BCUT2D eigenvalue weighted by Crippen LogP contribution is 2.33. The second-order valence-corrected chi connectivity index (χ2v) is 6.72. The zero-order valence-corrected chi connectivity index (χ0v) is 14.2. The molecular formula is C15H25BrN4. The molecule has 2 unspecified atom stereocenters. The van der Waals surface area contributed by atoms with Gasteiger partial charge in [0.1, 0.15) is 5.82 Å². The van der Waals surface area contributed by atoms with E-state index in [2.05, 4.69) is 57.3 Å². The van der Waals surface area contributed by atoms with Crippen LogP contribution in [0.5, 0.6) is 0 Å². The van der Waals surface area contributed by atoms with Crippen LogP contribution in [-0.2, 0) is 0 Å². The topological polar surface area (TPSA) is 49.8 Å². The highest BCUT2D eigenvalue weighted by molar-refractivity contribution is 9.10. The summed E-state index contributed by atoms with van der Waals surface area (Å²) in [6, 6.07) is 0.518. The molecule has 0 aliphatic heterocycles. The fourth-order valence-electron chi connectivity index (χ4n) is 3.02. The van der Waals surface area contributed by atoms with Crippen LogP contribution in [-0.4, -0.2) is 22.6 Å². The second-order valence-electron chi connectivity index (χ2n) is 5.86. The summed E-state index contributed by atoms with van der Waals surface area (Å²) < 4.78 is 0.937. The molecule has 2 rings (SSSR count). The molecule has 2 N–H and O–H groups in total. The van der Waals surface area contributed by atoms with Gasteiger partial charge >= 0.3 is 0 Å². The molecule has 1 aliphatic rings. The molecule has 1 heterocycles. The predicted octanol–water partition coefficient (Wildman–Crippen LogP) is 4.30. The van der Waals surface area contributed by atoms with Gasteiger partial charge in [-0.3, -0.25) is 0 Å². The Bertz CT molecular complexity index is 436. The zero-order valence-electron chi connectivity index (χ0n) is 12.6. The fourth-order valence-corrected chi connectivity index (χ4v) is 3.33. The van der Waals surface area contributed by atoms with E-state index in [1.54, 1.807) is 0 Å². The average molecular weight is 341 g/mol. The molecule has 20 heavy (non-hydrogen) atoms. The number of rotatable bonds is 5. The zero-order chi connectivity index (χ0) is 14.5. The van der Waals surface area contributed by atoms with Crippen LogP contribution in [0.15, 0.2) is 10.7 Å². The van der Waals surface area contributed by atoms with E-state index in [9.17, 15) is 0 Å². The van der Waals surface area contributed by atoms with E-state index in [-0.39, 0.29) is 0 Å². The highest BCUT2D eigenvalue weighted by atomic mass is 79.9. The maximum Gasteiger partial charge on any atom is 0.224 e. The van der Waals surface area contributed by atoms with Crippen LogP contribution in [0.3, 0.4) is 0 Å². The van der Waals surface area contributed by atoms with Crippen molar-refractivity contribution < 1.29 is 0 Å². The van der Waals surface area contributed by atoms with Crippen molar-refractivity contribution in [1.29, 1.82) is 0 Å². The van der Waals surface area contributed by atoms with Crippen molar-refractivity contribution in [2.24, 2.45) is 11.8 Å². The van der Waals surface area contributed by atoms with Gasteiger partial charge in [0.2, 0.25) is 5.95 Å². The van der Waals surface area contributed by atoms with Crippen LogP contribution in [0.25, 0.3) is 0 Å². The number of hydrogen-bond acceptors (Lipinski definition) is 4. The Morgan fingerprint density at radius 1 is 1.35 bits per heavy atom. The molecule has 112 valence electrons. The van der Waals surface area contributed by atoms with Crippen molar-refractivity contribution in [3.8, 4) is 0 Å². The number of anilines is 2. The summed E-state index contributed by atoms with van der Waals surface area (Å²) in [5.74, 6) is 3.04. The lowest BCUT2D eigenvalue weighted by Crippen LogP contribution is -2.35. The number of halogens is 1. The Balaban J connectivity index is 2.12. The van der Waals surface area contributed by atoms with Crippen LogP contribution in [0.1, 0.15) is 46.5 Å². The minimum absolute atomic E-state index is 0.518. The van der Waals surface area contributed by atoms with Gasteiger partial charge < -0.3 is 10.6 Å². The first kappa shape index (κ1) is 15.5. The summed E-state index contributed by atoms with van der Waals surface area (Å²) in [5, 5.41) is 6.80. The summed E-state index contributed by atoms with van der Waals surface area (Å²) >= 11 is 3.55. The van der Waals surface area contributed by atoms with Crippen molar-refractivity contribution in [2.45, 2.75) is 52.5 Å². The van der Waals surface area contributed by atoms with Crippen LogP contribution in [0.2, 0.25) is 0 Å². The van der Waals surface area contributed by atoms with E-state index >= 15 is 0 Å². The number of aromatic nitrogens is 2. The minimum atomic E-state index is 0.518. The molecule has 0 saturated heterocycles. The van der Waals surface area contributed by atoms with E-state index in [1.165, 1.54) is 25.7 Å². The number of nitrogens with one attached hydrogen (secondary N) is 2. The third-order valence-corrected chi connectivity index (χ3v) is 4.66. The molecule has 0 bridgehead atoms. The molecule has 4 nitrogen and oxygen atoms in total. The third-order valence-electron chi connectivity index (χ3n) is 4.08. The summed E-state index contributed by atoms with van der Waals surface area (Å²) in [4.78, 5) is 8.84. The van der Waals surface area contributed by atoms with E-state index in [0.29, 0.717) is 17.9 Å². The molecule has 1 aromatic heterocycles. The molecular weight excluding hydrogens is 316 g/mol. The Hall–Kier alpha value is -0.840. The number of nitrogens with zero attached hydrogens (tertiary/aromatic N) is 2. The molecule has 0 amide bonds. The highest BCUT2D eigenvalue weighted by Gasteiger charge is 2.28. The summed E-state index contributed by atoms with van der Waals surface area (Å²) in [5.41, 5.74) is 0. The standard InChI is InChI=1S/C15H25BrN4/c1-4-17-15-18-9-12(16)14(20-15)19-13-8-6-5-7-11(13)10(2)3/h9-11,13H,4-8H2,1-3H3,(H2,17,18,19,20). The Kier molecular flexibility index (Phi) is 5.64. The molecule has 2 atom stereocenters. The maximum absolute atomic E-state index is 4.57. The van der Waals surface area contributed by atoms with Crippen molar-refractivity contribution in [2.75, 3.05) is 17.2 Å². The Morgan fingerprint density at radius 2 is 2.10 bits per heavy atom. The molecule has 1 aromatic rings. The molecule has 0 spiro atoms. The second kappa shape index (κ2) is 7.25. The Morgan fingerprint density at radius 3 is 2.80 bits per heavy atom. The van der Waals surface area contributed by atoms with Crippen molar-refractivity contribution in [3.05, 3.63) is 10.7 Å². The lowest BCUT2D eigenvalue weighted by molar-refractivity contribution is 0.253. The van der Waals surface area contributed by atoms with Crippen LogP contribution < -0.4 is 10.6 Å². The van der Waals surface area contributed by atoms with Crippen molar-refractivity contribution in [1.82, 2.24) is 9.97 Å². The van der Waals surface area contributed by atoms with Gasteiger partial charge in [0, 0.05) is 18.8 Å².